The van der Waals surface area contributed by atoms with Crippen molar-refractivity contribution >= 4 is 26.1 Å². The van der Waals surface area contributed by atoms with Crippen LogP contribution in [0.1, 0.15) is 12.8 Å². The van der Waals surface area contributed by atoms with Crippen molar-refractivity contribution in [1.82, 2.24) is 0 Å². The Morgan fingerprint density at radius 2 is 1.40 bits per heavy atom. The predicted octanol–water partition coefficient (Wildman–Crippen LogP) is 0.0800. The first-order chi connectivity index (χ1) is 6.71. The number of rotatable bonds is 4. The molecule has 0 unspecified atom stereocenters. The molecule has 0 aromatic rings. The summed E-state index contributed by atoms with van der Waals surface area (Å²) in [7, 11) is -9.65. The van der Waals surface area contributed by atoms with Crippen molar-refractivity contribution in [2.24, 2.45) is 0 Å². The summed E-state index contributed by atoms with van der Waals surface area (Å²) in [6.45, 7) is 0. The van der Waals surface area contributed by atoms with Crippen LogP contribution < -0.4 is 0 Å². The second-order valence-corrected chi connectivity index (χ2v) is 9.94. The molecule has 0 spiro atoms. The molecule has 1 saturated heterocycles. The maximum Gasteiger partial charge on any atom is 0.345 e. The van der Waals surface area contributed by atoms with Crippen LogP contribution in [0.25, 0.3) is 0 Å². The molecule has 0 amide bonds. The summed E-state index contributed by atoms with van der Waals surface area (Å²) in [4.78, 5) is 35.6. The van der Waals surface area contributed by atoms with Gasteiger partial charge in [0.1, 0.15) is 17.3 Å². The average molecular weight is 277 g/mol. The van der Waals surface area contributed by atoms with E-state index in [1.165, 1.54) is 0 Å². The van der Waals surface area contributed by atoms with Crippen molar-refractivity contribution in [2.45, 2.75) is 18.2 Å². The lowest BCUT2D eigenvalue weighted by Gasteiger charge is -2.18. The van der Waals surface area contributed by atoms with E-state index in [-0.39, 0.29) is 16.6 Å². The molecule has 0 aromatic carbocycles. The van der Waals surface area contributed by atoms with Crippen molar-refractivity contribution in [3.8, 4) is 0 Å². The highest BCUT2D eigenvalue weighted by atomic mass is 32.2. The van der Waals surface area contributed by atoms with E-state index in [4.69, 9.17) is 19.6 Å². The third-order valence-corrected chi connectivity index (χ3v) is 9.03. The maximum absolute atomic E-state index is 11.0. The molecular weight excluding hydrogens is 262 g/mol. The highest BCUT2D eigenvalue weighted by molar-refractivity contribution is 7.98. The van der Waals surface area contributed by atoms with Crippen molar-refractivity contribution in [3.63, 3.8) is 0 Å². The first-order valence-electron chi connectivity index (χ1n) is 4.46. The Labute approximate surface area is 90.8 Å². The van der Waals surface area contributed by atoms with Gasteiger partial charge in [-0.05, 0) is 23.7 Å². The first kappa shape index (κ1) is 13.7. The van der Waals surface area contributed by atoms with Crippen LogP contribution in [0.5, 0.6) is 0 Å². The van der Waals surface area contributed by atoms with Gasteiger partial charge in [0.2, 0.25) is 5.40 Å². The van der Waals surface area contributed by atoms with E-state index in [9.17, 15) is 9.13 Å². The lowest BCUT2D eigenvalue weighted by atomic mass is 10.4. The van der Waals surface area contributed by atoms with Gasteiger partial charge >= 0.3 is 15.2 Å². The molecule has 0 atom stereocenters. The summed E-state index contributed by atoms with van der Waals surface area (Å²) < 4.78 is 21.9. The van der Waals surface area contributed by atoms with Gasteiger partial charge in [-0.1, -0.05) is 0 Å². The molecule has 1 fully saturated rings. The highest BCUT2D eigenvalue weighted by Gasteiger charge is 2.48. The number of hydrogen-bond acceptors (Lipinski definition) is 2. The van der Waals surface area contributed by atoms with Gasteiger partial charge in [0.05, 0.1) is 0 Å². The lowest BCUT2D eigenvalue weighted by molar-refractivity contribution is 0.342. The van der Waals surface area contributed by atoms with Gasteiger partial charge in [0, 0.05) is 0 Å². The third kappa shape index (κ3) is 4.19. The zero-order valence-corrected chi connectivity index (χ0v) is 10.6. The highest BCUT2D eigenvalue weighted by Crippen LogP contribution is 2.60. The SMILES string of the molecule is O=P(O)(O)C(C[S+]1CCCC1)P(=O)(O)O. The van der Waals surface area contributed by atoms with Crippen LogP contribution in [0.3, 0.4) is 0 Å². The Hall–Kier alpha value is 0.650. The van der Waals surface area contributed by atoms with Crippen molar-refractivity contribution in [3.05, 3.63) is 0 Å². The Morgan fingerprint density at radius 3 is 1.73 bits per heavy atom. The molecule has 1 rings (SSSR count). The van der Waals surface area contributed by atoms with Gasteiger partial charge in [0.25, 0.3) is 0 Å². The molecule has 1 heterocycles. The molecule has 1 aliphatic heterocycles. The van der Waals surface area contributed by atoms with Crippen LogP contribution in [0.4, 0.5) is 0 Å². The van der Waals surface area contributed by atoms with E-state index in [0.29, 0.717) is 0 Å². The fourth-order valence-corrected chi connectivity index (χ4v) is 8.05. The smallest absolute Gasteiger partial charge is 0.324 e. The predicted molar refractivity (Wildman–Crippen MR) is 59.1 cm³/mol. The van der Waals surface area contributed by atoms with Crippen molar-refractivity contribution < 1.29 is 28.7 Å². The Morgan fingerprint density at radius 1 is 1.00 bits per heavy atom. The fourth-order valence-electron chi connectivity index (χ4n) is 1.48. The zero-order chi connectivity index (χ0) is 11.7. The maximum atomic E-state index is 11.0. The molecule has 0 radical (unpaired) electrons. The van der Waals surface area contributed by atoms with Gasteiger partial charge in [-0.25, -0.2) is 0 Å². The first-order valence-corrected chi connectivity index (χ1v) is 9.55. The molecule has 0 saturated carbocycles. The minimum Gasteiger partial charge on any atom is -0.324 e. The second-order valence-electron chi connectivity index (χ2n) is 3.55. The Kier molecular flexibility index (Phi) is 4.46. The van der Waals surface area contributed by atoms with Gasteiger partial charge in [-0.15, -0.1) is 0 Å². The lowest BCUT2D eigenvalue weighted by Crippen LogP contribution is -2.23. The Balaban J connectivity index is 2.74. The summed E-state index contributed by atoms with van der Waals surface area (Å²) in [6.07, 6.45) is 1.97. The second kappa shape index (κ2) is 4.88. The number of hydrogen-bond donors (Lipinski definition) is 4. The molecule has 9 heteroatoms. The van der Waals surface area contributed by atoms with E-state index in [0.717, 1.165) is 24.3 Å². The molecule has 15 heavy (non-hydrogen) atoms. The van der Waals surface area contributed by atoms with Crippen LogP contribution in [-0.2, 0) is 20.0 Å². The molecule has 0 bridgehead atoms. The standard InChI is InChI=1S/C6H14O6P2S/c7-13(8,9)6(14(10,11)12)5-15-3-1-2-4-15/h6H,1-5H2,(H3-,7,8,9,10,11,12)/p+1. The molecule has 1 aliphatic rings. The van der Waals surface area contributed by atoms with Crippen LogP contribution in [0.15, 0.2) is 0 Å². The molecule has 0 aliphatic carbocycles. The molecule has 4 N–H and O–H groups in total. The monoisotopic (exact) mass is 277 g/mol. The Bertz CT molecular complexity index is 281. The minimum atomic E-state index is -4.71. The summed E-state index contributed by atoms with van der Waals surface area (Å²) in [5.74, 6) is 1.61. The van der Waals surface area contributed by atoms with E-state index >= 15 is 0 Å². The summed E-state index contributed by atoms with van der Waals surface area (Å²) in [6, 6.07) is 0. The summed E-state index contributed by atoms with van der Waals surface area (Å²) >= 11 is 0. The van der Waals surface area contributed by atoms with E-state index in [1.807, 2.05) is 0 Å². The van der Waals surface area contributed by atoms with Crippen LogP contribution in [0.2, 0.25) is 0 Å². The summed E-state index contributed by atoms with van der Waals surface area (Å²) in [5.41, 5.74) is 0. The van der Waals surface area contributed by atoms with Crippen LogP contribution in [0, 0.1) is 0 Å². The van der Waals surface area contributed by atoms with E-state index in [2.05, 4.69) is 0 Å². The molecule has 0 aromatic heterocycles. The van der Waals surface area contributed by atoms with Gasteiger partial charge in [-0.3, -0.25) is 9.13 Å². The largest absolute Gasteiger partial charge is 0.345 e. The zero-order valence-electron chi connectivity index (χ0n) is 8.02. The molecule has 90 valence electrons. The third-order valence-electron chi connectivity index (χ3n) is 2.28. The van der Waals surface area contributed by atoms with Crippen LogP contribution in [-0.4, -0.2) is 42.2 Å². The van der Waals surface area contributed by atoms with Gasteiger partial charge in [0.15, 0.2) is 0 Å². The minimum absolute atomic E-state index is 0.0471. The topological polar surface area (TPSA) is 115 Å². The van der Waals surface area contributed by atoms with Crippen molar-refractivity contribution in [2.75, 3.05) is 17.3 Å². The van der Waals surface area contributed by atoms with Crippen LogP contribution >= 0.6 is 15.2 Å². The quantitative estimate of drug-likeness (QED) is 0.427. The molecule has 6 nitrogen and oxygen atoms in total. The normalized spacial score (nSPS) is 20.1. The fraction of sp³-hybridized carbons (Fsp3) is 1.00. The average Bonchev–Trinajstić information content (AvgIpc) is 2.46. The van der Waals surface area contributed by atoms with E-state index < -0.39 is 20.6 Å². The summed E-state index contributed by atoms with van der Waals surface area (Å²) in [5, 5.41) is -1.80. The van der Waals surface area contributed by atoms with Crippen molar-refractivity contribution in [1.29, 1.82) is 0 Å². The van der Waals surface area contributed by atoms with Gasteiger partial charge in [-0.2, -0.15) is 0 Å². The molecular formula is C6H15O6P2S+. The van der Waals surface area contributed by atoms with E-state index in [1.54, 1.807) is 0 Å². The van der Waals surface area contributed by atoms with Gasteiger partial charge < -0.3 is 19.6 Å².